The quantitative estimate of drug-likeness (QED) is 0.429. The lowest BCUT2D eigenvalue weighted by molar-refractivity contribution is -0.125. The minimum absolute atomic E-state index is 0.105. The van der Waals surface area contributed by atoms with E-state index in [1.807, 2.05) is 18.2 Å². The number of aliphatic hydroxyl groups excluding tert-OH is 1. The van der Waals surface area contributed by atoms with Gasteiger partial charge in [-0.15, -0.1) is 0 Å². The summed E-state index contributed by atoms with van der Waals surface area (Å²) in [5.74, 6) is -0.487. The molecule has 1 atom stereocenters. The van der Waals surface area contributed by atoms with E-state index in [2.05, 4.69) is 29.2 Å². The second-order valence-corrected chi connectivity index (χ2v) is 6.67. The molecule has 1 unspecified atom stereocenters. The van der Waals surface area contributed by atoms with Crippen LogP contribution >= 0.6 is 0 Å². The summed E-state index contributed by atoms with van der Waals surface area (Å²) >= 11 is 0. The van der Waals surface area contributed by atoms with Crippen molar-refractivity contribution in [2.45, 2.75) is 12.5 Å². The van der Waals surface area contributed by atoms with Gasteiger partial charge in [-0.2, -0.15) is 0 Å². The van der Waals surface area contributed by atoms with Crippen molar-refractivity contribution in [3.05, 3.63) is 84.7 Å². The molecule has 28 heavy (non-hydrogen) atoms. The number of carbonyl (C=O) groups is 2. The molecule has 1 aliphatic heterocycles. The molecular formula is C23H18N2O3. The normalized spacial score (nSPS) is 18.2. The third-order valence-electron chi connectivity index (χ3n) is 4.91. The molecule has 0 bridgehead atoms. The zero-order chi connectivity index (χ0) is 19.7. The Bertz CT molecular complexity index is 1070. The number of rotatable bonds is 3. The fourth-order valence-electron chi connectivity index (χ4n) is 3.37. The van der Waals surface area contributed by atoms with Gasteiger partial charge in [0.1, 0.15) is 5.76 Å². The van der Waals surface area contributed by atoms with Gasteiger partial charge in [-0.05, 0) is 48.4 Å². The number of aldehydes is 1. The summed E-state index contributed by atoms with van der Waals surface area (Å²) in [4.78, 5) is 29.7. The molecule has 1 aromatic heterocycles. The minimum Gasteiger partial charge on any atom is -0.507 e. The zero-order valence-electron chi connectivity index (χ0n) is 15.2. The van der Waals surface area contributed by atoms with Gasteiger partial charge in [-0.25, -0.2) is 0 Å². The highest BCUT2D eigenvalue weighted by molar-refractivity contribution is 6.12. The average Bonchev–Trinajstić information content (AvgIpc) is 3.33. The van der Waals surface area contributed by atoms with Crippen molar-refractivity contribution >= 4 is 29.2 Å². The Morgan fingerprint density at radius 3 is 2.32 bits per heavy atom. The van der Waals surface area contributed by atoms with Crippen molar-refractivity contribution in [3.8, 4) is 11.1 Å². The molecule has 2 aromatic rings. The van der Waals surface area contributed by atoms with E-state index in [1.54, 1.807) is 29.3 Å². The van der Waals surface area contributed by atoms with E-state index in [0.717, 1.165) is 0 Å². The Kier molecular flexibility index (Phi) is 4.28. The van der Waals surface area contributed by atoms with E-state index in [1.165, 1.54) is 30.3 Å². The Morgan fingerprint density at radius 1 is 1.07 bits per heavy atom. The van der Waals surface area contributed by atoms with Crippen LogP contribution in [0.2, 0.25) is 0 Å². The topological polar surface area (TPSA) is 70.5 Å². The molecule has 3 aliphatic rings. The third-order valence-corrected chi connectivity index (χ3v) is 4.91. The van der Waals surface area contributed by atoms with E-state index in [-0.39, 0.29) is 11.5 Å². The fourth-order valence-corrected chi connectivity index (χ4v) is 3.37. The van der Waals surface area contributed by atoms with Gasteiger partial charge in [0.2, 0.25) is 0 Å². The van der Waals surface area contributed by atoms with Crippen LogP contribution in [0.1, 0.15) is 12.5 Å². The number of hydrogen-bond donors (Lipinski definition) is 1. The van der Waals surface area contributed by atoms with E-state index in [0.29, 0.717) is 23.2 Å². The van der Waals surface area contributed by atoms with Crippen LogP contribution in [0, 0.1) is 0 Å². The Morgan fingerprint density at radius 2 is 1.79 bits per heavy atom. The standard InChI is InChI=1S/C17H14N2O3.C6H4/c1-12(21)17(11-20)9-16(22)14-7-8-18-10-15(14)19(17)13-5-3-2-4-6-13;1-2-5-4-6(5)3-1/h2-11,22H,1H3;1-4H. The highest BCUT2D eigenvalue weighted by Crippen LogP contribution is 2.42. The molecule has 1 N–H and O–H groups in total. The number of carbonyl (C=O) groups excluding carboxylic acids is 2. The van der Waals surface area contributed by atoms with Gasteiger partial charge in [-0.3, -0.25) is 14.6 Å². The van der Waals surface area contributed by atoms with E-state index < -0.39 is 5.54 Å². The number of anilines is 2. The van der Waals surface area contributed by atoms with Gasteiger partial charge in [0.05, 0.1) is 11.9 Å². The minimum atomic E-state index is -1.58. The predicted octanol–water partition coefficient (Wildman–Crippen LogP) is 4.33. The number of pyridine rings is 1. The van der Waals surface area contributed by atoms with Crippen molar-refractivity contribution in [3.63, 3.8) is 0 Å². The van der Waals surface area contributed by atoms with Crippen LogP contribution < -0.4 is 4.90 Å². The third kappa shape index (κ3) is 2.87. The number of Topliss-reactive ketones (excluding diaryl/α,β-unsaturated/α-hetero) is 1. The highest BCUT2D eigenvalue weighted by Gasteiger charge is 2.45. The van der Waals surface area contributed by atoms with Crippen molar-refractivity contribution in [1.29, 1.82) is 0 Å². The number of benzene rings is 2. The molecule has 0 saturated carbocycles. The maximum atomic E-state index is 12.2. The van der Waals surface area contributed by atoms with Gasteiger partial charge in [0.15, 0.2) is 17.6 Å². The van der Waals surface area contributed by atoms with Gasteiger partial charge in [0, 0.05) is 17.4 Å². The summed E-state index contributed by atoms with van der Waals surface area (Å²) in [6, 6.07) is 19.2. The van der Waals surface area contributed by atoms with E-state index in [9.17, 15) is 14.7 Å². The van der Waals surface area contributed by atoms with Crippen LogP contribution in [0.5, 0.6) is 0 Å². The summed E-state index contributed by atoms with van der Waals surface area (Å²) in [5, 5.41) is 10.2. The number of aromatic nitrogens is 1. The van der Waals surface area contributed by atoms with E-state index in [4.69, 9.17) is 0 Å². The number of nitrogens with zero attached hydrogens (tertiary/aromatic N) is 2. The molecule has 0 radical (unpaired) electrons. The van der Waals surface area contributed by atoms with Crippen LogP contribution in [0.3, 0.4) is 0 Å². The molecule has 5 heteroatoms. The Hall–Kier alpha value is -3.73. The SMILES string of the molecule is CC(=O)C1(C=O)C=C(O)c2ccncc2N1c1ccccc1.c1cc2cc-2c1. The monoisotopic (exact) mass is 370 g/mol. The van der Waals surface area contributed by atoms with Crippen molar-refractivity contribution in [2.24, 2.45) is 0 Å². The van der Waals surface area contributed by atoms with Crippen molar-refractivity contribution in [2.75, 3.05) is 4.90 Å². The van der Waals surface area contributed by atoms with Crippen molar-refractivity contribution in [1.82, 2.24) is 4.98 Å². The predicted molar refractivity (Wildman–Crippen MR) is 108 cm³/mol. The van der Waals surface area contributed by atoms with Crippen LogP contribution in [-0.4, -0.2) is 27.7 Å². The van der Waals surface area contributed by atoms with Crippen LogP contribution in [0.15, 0.2) is 79.1 Å². The van der Waals surface area contributed by atoms with Gasteiger partial charge in [-0.1, -0.05) is 36.4 Å². The molecule has 2 aliphatic carbocycles. The summed E-state index contributed by atoms with van der Waals surface area (Å²) in [7, 11) is 0. The lowest BCUT2D eigenvalue weighted by Crippen LogP contribution is -2.53. The molecule has 5 rings (SSSR count). The Balaban J connectivity index is 0.000000268. The number of ketones is 1. The van der Waals surface area contributed by atoms with Crippen LogP contribution in [0.4, 0.5) is 11.4 Å². The first-order valence-corrected chi connectivity index (χ1v) is 8.86. The second-order valence-electron chi connectivity index (χ2n) is 6.67. The molecule has 0 saturated heterocycles. The summed E-state index contributed by atoms with van der Waals surface area (Å²) in [6.07, 6.45) is 4.92. The molecule has 2 heterocycles. The lowest BCUT2D eigenvalue weighted by atomic mass is 9.87. The first-order chi connectivity index (χ1) is 13.6. The number of hydrogen-bond acceptors (Lipinski definition) is 5. The van der Waals surface area contributed by atoms with Crippen LogP contribution in [0.25, 0.3) is 16.9 Å². The number of aliphatic hydroxyl groups is 1. The summed E-state index contributed by atoms with van der Waals surface area (Å²) in [5.41, 5.74) is 2.97. The first kappa shape index (κ1) is 17.7. The highest BCUT2D eigenvalue weighted by atomic mass is 16.3. The smallest absolute Gasteiger partial charge is 0.181 e. The van der Waals surface area contributed by atoms with E-state index >= 15 is 0 Å². The fraction of sp³-hybridized carbons (Fsp3) is 0.0870. The summed E-state index contributed by atoms with van der Waals surface area (Å²) in [6.45, 7) is 1.33. The lowest BCUT2D eigenvalue weighted by Gasteiger charge is -2.41. The molecule has 5 nitrogen and oxygen atoms in total. The second kappa shape index (κ2) is 6.78. The van der Waals surface area contributed by atoms with Crippen LogP contribution in [-0.2, 0) is 9.59 Å². The number of para-hydroxylation sites is 1. The Labute approximate surface area is 162 Å². The molecule has 0 spiro atoms. The molecule has 1 aromatic carbocycles. The molecule has 0 fully saturated rings. The molecule has 138 valence electrons. The summed E-state index contributed by atoms with van der Waals surface area (Å²) < 4.78 is 0. The van der Waals surface area contributed by atoms with Crippen molar-refractivity contribution < 1.29 is 14.7 Å². The largest absolute Gasteiger partial charge is 0.507 e. The van der Waals surface area contributed by atoms with Gasteiger partial charge < -0.3 is 10.0 Å². The maximum Gasteiger partial charge on any atom is 0.181 e. The van der Waals surface area contributed by atoms with Gasteiger partial charge in [0.25, 0.3) is 0 Å². The maximum absolute atomic E-state index is 12.2. The zero-order valence-corrected chi connectivity index (χ0v) is 15.2. The van der Waals surface area contributed by atoms with Gasteiger partial charge >= 0.3 is 0 Å². The average molecular weight is 370 g/mol. The number of fused-ring (bicyclic) bond motifs is 2. The molecule has 0 amide bonds. The molecular weight excluding hydrogens is 352 g/mol. The first-order valence-electron chi connectivity index (χ1n) is 8.86.